The van der Waals surface area contributed by atoms with Crippen LogP contribution in [0.5, 0.6) is 0 Å². The lowest BCUT2D eigenvalue weighted by Gasteiger charge is -2.35. The molecular formula is C28H34N2O5. The molecule has 2 aliphatic rings. The number of benzene rings is 2. The van der Waals surface area contributed by atoms with Crippen molar-refractivity contribution in [3.05, 3.63) is 59.7 Å². The quantitative estimate of drug-likeness (QED) is 0.576. The summed E-state index contributed by atoms with van der Waals surface area (Å²) in [5, 5.41) is 11.9. The molecule has 1 fully saturated rings. The summed E-state index contributed by atoms with van der Waals surface area (Å²) in [5.41, 5.74) is 4.60. The lowest BCUT2D eigenvalue weighted by molar-refractivity contribution is -0.139. The van der Waals surface area contributed by atoms with Gasteiger partial charge in [-0.15, -0.1) is 0 Å². The van der Waals surface area contributed by atoms with E-state index in [1.807, 2.05) is 38.1 Å². The second kappa shape index (κ2) is 10.9. The Balaban J connectivity index is 1.38. The van der Waals surface area contributed by atoms with Gasteiger partial charge in [0.1, 0.15) is 12.6 Å². The molecule has 0 aromatic heterocycles. The van der Waals surface area contributed by atoms with Crippen LogP contribution in [-0.2, 0) is 14.3 Å². The highest BCUT2D eigenvalue weighted by molar-refractivity contribution is 5.86. The molecular weight excluding hydrogens is 444 g/mol. The zero-order valence-electron chi connectivity index (χ0n) is 20.4. The van der Waals surface area contributed by atoms with Crippen molar-refractivity contribution in [1.29, 1.82) is 0 Å². The Morgan fingerprint density at radius 3 is 2.14 bits per heavy atom. The average Bonchev–Trinajstić information content (AvgIpc) is 3.19. The van der Waals surface area contributed by atoms with Crippen molar-refractivity contribution in [1.82, 2.24) is 10.2 Å². The number of amides is 2. The summed E-state index contributed by atoms with van der Waals surface area (Å²) in [7, 11) is 0. The van der Waals surface area contributed by atoms with E-state index in [1.165, 1.54) is 0 Å². The van der Waals surface area contributed by atoms with E-state index in [0.717, 1.165) is 28.7 Å². The first-order valence-corrected chi connectivity index (χ1v) is 12.5. The monoisotopic (exact) mass is 478 g/mol. The summed E-state index contributed by atoms with van der Waals surface area (Å²) >= 11 is 0. The Kier molecular flexibility index (Phi) is 7.73. The fourth-order valence-corrected chi connectivity index (χ4v) is 5.25. The minimum Gasteiger partial charge on any atom is -0.481 e. The molecule has 0 bridgehead atoms. The lowest BCUT2D eigenvalue weighted by Crippen LogP contribution is -2.53. The SMILES string of the molecule is CCC(C)[C@H](NC(=O)OCC1c2ccccc2-c2ccccc21)C(=O)N1CCC(CC(=O)O)CC1. The van der Waals surface area contributed by atoms with Crippen LogP contribution >= 0.6 is 0 Å². The summed E-state index contributed by atoms with van der Waals surface area (Å²) in [4.78, 5) is 38.9. The first-order chi connectivity index (χ1) is 16.9. The summed E-state index contributed by atoms with van der Waals surface area (Å²) in [5.74, 6) is -0.932. The Bertz CT molecular complexity index is 1030. The minimum absolute atomic E-state index is 0.0424. The smallest absolute Gasteiger partial charge is 0.407 e. The van der Waals surface area contributed by atoms with Crippen molar-refractivity contribution in [3.8, 4) is 11.1 Å². The molecule has 35 heavy (non-hydrogen) atoms. The van der Waals surface area contributed by atoms with E-state index in [4.69, 9.17) is 9.84 Å². The van der Waals surface area contributed by atoms with Crippen LogP contribution in [0.4, 0.5) is 4.79 Å². The van der Waals surface area contributed by atoms with E-state index in [0.29, 0.717) is 25.9 Å². The molecule has 0 radical (unpaired) electrons. The highest BCUT2D eigenvalue weighted by Crippen LogP contribution is 2.44. The largest absolute Gasteiger partial charge is 0.481 e. The van der Waals surface area contributed by atoms with E-state index in [-0.39, 0.29) is 36.7 Å². The Hall–Kier alpha value is -3.35. The molecule has 2 atom stereocenters. The number of hydrogen-bond acceptors (Lipinski definition) is 4. The van der Waals surface area contributed by atoms with Crippen molar-refractivity contribution in [2.45, 2.75) is 51.5 Å². The molecule has 4 rings (SSSR count). The topological polar surface area (TPSA) is 95.9 Å². The minimum atomic E-state index is -0.802. The molecule has 2 aromatic carbocycles. The van der Waals surface area contributed by atoms with Crippen LogP contribution in [0.3, 0.4) is 0 Å². The fourth-order valence-electron chi connectivity index (χ4n) is 5.25. The number of carboxylic acids is 1. The molecule has 186 valence electrons. The summed E-state index contributed by atoms with van der Waals surface area (Å²) < 4.78 is 5.68. The highest BCUT2D eigenvalue weighted by atomic mass is 16.5. The highest BCUT2D eigenvalue weighted by Gasteiger charge is 2.34. The number of likely N-dealkylation sites (tertiary alicyclic amines) is 1. The lowest BCUT2D eigenvalue weighted by atomic mass is 9.92. The molecule has 2 N–H and O–H groups in total. The molecule has 1 aliphatic heterocycles. The van der Waals surface area contributed by atoms with E-state index < -0.39 is 18.1 Å². The van der Waals surface area contributed by atoms with Gasteiger partial charge in [-0.3, -0.25) is 9.59 Å². The number of nitrogens with zero attached hydrogens (tertiary/aromatic N) is 1. The second-order valence-electron chi connectivity index (χ2n) is 9.70. The molecule has 7 nitrogen and oxygen atoms in total. The van der Waals surface area contributed by atoms with Gasteiger partial charge in [0.05, 0.1) is 0 Å². The number of nitrogens with one attached hydrogen (secondary N) is 1. The molecule has 2 aromatic rings. The Labute approximate surface area is 206 Å². The number of piperidine rings is 1. The summed E-state index contributed by atoms with van der Waals surface area (Å²) in [6, 6.07) is 15.7. The first-order valence-electron chi connectivity index (χ1n) is 12.5. The maximum atomic E-state index is 13.3. The van der Waals surface area contributed by atoms with Crippen molar-refractivity contribution in [3.63, 3.8) is 0 Å². The standard InChI is InChI=1S/C28H34N2O5/c1-3-18(2)26(27(33)30-14-12-19(13-15-30)16-25(31)32)29-28(34)35-17-24-22-10-6-4-8-20(22)21-9-5-7-11-23(21)24/h4-11,18-19,24,26H,3,12-17H2,1-2H3,(H,29,34)(H,31,32)/t18?,26-/m0/s1. The van der Waals surface area contributed by atoms with Crippen LogP contribution in [-0.4, -0.2) is 53.7 Å². The van der Waals surface area contributed by atoms with Gasteiger partial charge in [0.15, 0.2) is 0 Å². The number of ether oxygens (including phenoxy) is 1. The summed E-state index contributed by atoms with van der Waals surface area (Å²) in [6.45, 7) is 5.15. The number of fused-ring (bicyclic) bond motifs is 3. The Morgan fingerprint density at radius 2 is 1.60 bits per heavy atom. The number of rotatable bonds is 8. The van der Waals surface area contributed by atoms with Gasteiger partial charge >= 0.3 is 12.1 Å². The number of aliphatic carboxylic acids is 1. The molecule has 1 unspecified atom stereocenters. The maximum absolute atomic E-state index is 13.3. The van der Waals surface area contributed by atoms with E-state index in [1.54, 1.807) is 4.90 Å². The van der Waals surface area contributed by atoms with Crippen LogP contribution in [0.2, 0.25) is 0 Å². The third-order valence-corrected chi connectivity index (χ3v) is 7.49. The second-order valence-corrected chi connectivity index (χ2v) is 9.70. The van der Waals surface area contributed by atoms with Gasteiger partial charge < -0.3 is 20.1 Å². The van der Waals surface area contributed by atoms with Gasteiger partial charge in [0.2, 0.25) is 5.91 Å². The van der Waals surface area contributed by atoms with Crippen LogP contribution in [0.1, 0.15) is 56.6 Å². The predicted octanol–water partition coefficient (Wildman–Crippen LogP) is 4.65. The van der Waals surface area contributed by atoms with Gasteiger partial charge in [0, 0.05) is 25.4 Å². The fraction of sp³-hybridized carbons (Fsp3) is 0.464. The van der Waals surface area contributed by atoms with Gasteiger partial charge in [-0.1, -0.05) is 68.8 Å². The number of alkyl carbamates (subject to hydrolysis) is 1. The maximum Gasteiger partial charge on any atom is 0.407 e. The van der Waals surface area contributed by atoms with Crippen molar-refractivity contribution < 1.29 is 24.2 Å². The number of carboxylic acid groups (broad SMARTS) is 1. The molecule has 1 heterocycles. The first kappa shape index (κ1) is 24.8. The van der Waals surface area contributed by atoms with Crippen LogP contribution in [0.25, 0.3) is 11.1 Å². The molecule has 0 spiro atoms. The van der Waals surface area contributed by atoms with Crippen LogP contribution in [0.15, 0.2) is 48.5 Å². The van der Waals surface area contributed by atoms with E-state index >= 15 is 0 Å². The van der Waals surface area contributed by atoms with Gasteiger partial charge in [-0.2, -0.15) is 0 Å². The molecule has 7 heteroatoms. The number of hydrogen-bond donors (Lipinski definition) is 2. The average molecular weight is 479 g/mol. The van der Waals surface area contributed by atoms with Gasteiger partial charge in [0.25, 0.3) is 0 Å². The van der Waals surface area contributed by atoms with Crippen molar-refractivity contribution in [2.24, 2.45) is 11.8 Å². The normalized spacial score (nSPS) is 17.3. The van der Waals surface area contributed by atoms with Crippen molar-refractivity contribution >= 4 is 18.0 Å². The molecule has 1 saturated heterocycles. The zero-order chi connectivity index (χ0) is 24.9. The zero-order valence-corrected chi connectivity index (χ0v) is 20.4. The van der Waals surface area contributed by atoms with Crippen molar-refractivity contribution in [2.75, 3.05) is 19.7 Å². The molecule has 1 aliphatic carbocycles. The number of carbonyl (C=O) groups excluding carboxylic acids is 2. The Morgan fingerprint density at radius 1 is 1.03 bits per heavy atom. The molecule has 2 amide bonds. The van der Waals surface area contributed by atoms with Crippen LogP contribution in [0, 0.1) is 11.8 Å². The summed E-state index contributed by atoms with van der Waals surface area (Å²) in [6.07, 6.45) is 1.60. The van der Waals surface area contributed by atoms with Gasteiger partial charge in [-0.25, -0.2) is 4.79 Å². The molecule has 0 saturated carbocycles. The van der Waals surface area contributed by atoms with Gasteiger partial charge in [-0.05, 0) is 46.9 Å². The predicted molar refractivity (Wildman–Crippen MR) is 133 cm³/mol. The van der Waals surface area contributed by atoms with E-state index in [2.05, 4.69) is 29.6 Å². The number of carbonyl (C=O) groups is 3. The van der Waals surface area contributed by atoms with E-state index in [9.17, 15) is 14.4 Å². The third-order valence-electron chi connectivity index (χ3n) is 7.49. The third kappa shape index (κ3) is 5.50. The van der Waals surface area contributed by atoms with Crippen LogP contribution < -0.4 is 5.32 Å².